The number of rotatable bonds is 22. The third kappa shape index (κ3) is 11.2. The Labute approximate surface area is 535 Å². The number of hydrogen-bond acceptors (Lipinski definition) is 19. The standard InChI is InChI=1S/C70H65N7O17/c1-4-5-6-7-20-90-47-12-8-36(9-13-47)37-10-14-48(15-11-37)91-34-93-69(88)39-22-42(72-3)28-44(24-39)75-64(82)54-32-55(65(75)83)59-57-33-56(58(54)59)66(84)77(67(57)85)46-26-40(70(89)94-35-92-49-16-18-73-19-17-49)25-45(29-46)76-62(80)52-30-50-51(31-53(52)63(76)81)61(79)74(60(50)78)43-23-38(68(86)87)21-41(27-43)71-2/h10-11,14-19,21-31,36,47,54-59,71-72H,4-9,12-13,20,32-35H2,1-3H3,(H,86,87). The Balaban J connectivity index is 0.748. The zero-order chi connectivity index (χ0) is 65.8. The molecule has 0 radical (unpaired) electrons. The molecule has 94 heavy (non-hydrogen) atoms. The number of pyridine rings is 1. The Morgan fingerprint density at radius 2 is 0.947 bits per heavy atom. The van der Waals surface area contributed by atoms with Crippen molar-refractivity contribution in [3.05, 3.63) is 179 Å². The van der Waals surface area contributed by atoms with E-state index in [0.717, 1.165) is 77.3 Å². The highest BCUT2D eigenvalue weighted by atomic mass is 16.7. The maximum Gasteiger partial charge on any atom is 0.341 e. The van der Waals surface area contributed by atoms with Gasteiger partial charge >= 0.3 is 17.9 Å². The lowest BCUT2D eigenvalue weighted by Crippen LogP contribution is -2.52. The largest absolute Gasteiger partial charge is 0.478 e. The van der Waals surface area contributed by atoms with E-state index in [-0.39, 0.29) is 79.5 Å². The third-order valence-corrected chi connectivity index (χ3v) is 19.3. The Bertz CT molecular complexity index is 4500. The van der Waals surface area contributed by atoms with Crippen molar-refractivity contribution in [3.63, 3.8) is 0 Å². The molecule has 5 fully saturated rings. The van der Waals surface area contributed by atoms with Crippen molar-refractivity contribution in [3.8, 4) is 22.9 Å². The smallest absolute Gasteiger partial charge is 0.341 e. The number of anilines is 4. The molecule has 2 aliphatic heterocycles. The van der Waals surface area contributed by atoms with Crippen molar-refractivity contribution >= 4 is 85.8 Å². The lowest BCUT2D eigenvalue weighted by Gasteiger charge is -2.36. The molecular formula is C70H65N7O17. The highest BCUT2D eigenvalue weighted by Gasteiger charge is 2.69. The number of aromatic nitrogens is 3. The third-order valence-electron chi connectivity index (χ3n) is 19.3. The monoisotopic (exact) mass is 1280 g/mol. The van der Waals surface area contributed by atoms with Crippen LogP contribution in [0.1, 0.15) is 114 Å². The fourth-order valence-electron chi connectivity index (χ4n) is 14.8. The van der Waals surface area contributed by atoms with E-state index in [1.165, 1.54) is 98.9 Å². The number of aromatic carboxylic acids is 1. The predicted octanol–water partition coefficient (Wildman–Crippen LogP) is 8.03. The number of benzene rings is 5. The van der Waals surface area contributed by atoms with Gasteiger partial charge in [-0.1, -0.05) is 38.3 Å². The van der Waals surface area contributed by atoms with E-state index in [2.05, 4.69) is 22.5 Å². The summed E-state index contributed by atoms with van der Waals surface area (Å²) in [5, 5.41) is 14.4. The molecule has 3 saturated carbocycles. The second kappa shape index (κ2) is 25.5. The SMILES string of the molecule is CCCCCCOC1CCC(c2ccc(OCOC(=O)c3cc(NC)cc(N4C(=O)C5CC(C4=O)C4C6CC(C(=O)N(c7cc(C(=O)OCOc8ccncc8)cc(-n8c(=O)c9cc%10c(=O)n(-c%11cc(NC)cc(C(=O)O)c%11)c(=O)c%10cc9c8=O)c7)C6=O)C54)c3)cc2)CC1. The second-order valence-corrected chi connectivity index (χ2v) is 24.5. The van der Waals surface area contributed by atoms with E-state index < -0.39 is 113 Å². The number of hydrogen-bond donors (Lipinski definition) is 3. The van der Waals surface area contributed by atoms with E-state index in [0.29, 0.717) is 33.8 Å². The van der Waals surface area contributed by atoms with Crippen LogP contribution in [0, 0.1) is 35.5 Å². The van der Waals surface area contributed by atoms with Crippen LogP contribution in [0.5, 0.6) is 11.5 Å². The molecule has 5 aromatic carbocycles. The van der Waals surface area contributed by atoms with E-state index in [4.69, 9.17) is 23.7 Å². The van der Waals surface area contributed by atoms with E-state index in [1.807, 2.05) is 24.3 Å². The van der Waals surface area contributed by atoms with Gasteiger partial charge in [0.2, 0.25) is 37.2 Å². The zero-order valence-electron chi connectivity index (χ0n) is 51.5. The first-order chi connectivity index (χ1) is 45.4. The highest BCUT2D eigenvalue weighted by molar-refractivity contribution is 6.23. The van der Waals surface area contributed by atoms with Crippen LogP contribution < -0.4 is 52.1 Å². The molecule has 4 amide bonds. The van der Waals surface area contributed by atoms with Crippen LogP contribution in [0.3, 0.4) is 0 Å². The fourth-order valence-corrected chi connectivity index (χ4v) is 14.8. The van der Waals surface area contributed by atoms with Crippen LogP contribution in [0.4, 0.5) is 22.7 Å². The summed E-state index contributed by atoms with van der Waals surface area (Å²) in [6, 6.07) is 24.6. The van der Waals surface area contributed by atoms with Crippen molar-refractivity contribution < 1.29 is 62.4 Å². The normalized spacial score (nSPS) is 21.4. The van der Waals surface area contributed by atoms with Gasteiger partial charge in [0.15, 0.2) is 0 Å². The number of carbonyl (C=O) groups excluding carboxylic acids is 6. The number of fused-ring (bicyclic) bond motifs is 11. The number of piperidine rings is 2. The van der Waals surface area contributed by atoms with Gasteiger partial charge in [0.05, 0.1) is 67.1 Å². The number of carboxylic acid groups (broad SMARTS) is 1. The molecule has 3 aliphatic carbocycles. The van der Waals surface area contributed by atoms with Crippen molar-refractivity contribution in [2.24, 2.45) is 35.5 Å². The molecule has 3 N–H and O–H groups in total. The topological polar surface area (TPSA) is 307 Å². The van der Waals surface area contributed by atoms with Gasteiger partial charge in [0, 0.05) is 68.1 Å². The van der Waals surface area contributed by atoms with E-state index >= 15 is 9.59 Å². The van der Waals surface area contributed by atoms with Gasteiger partial charge in [-0.3, -0.25) is 43.3 Å². The molecule has 5 heterocycles. The molecule has 0 spiro atoms. The maximum absolute atomic E-state index is 15.2. The Kier molecular flexibility index (Phi) is 16.8. The number of nitrogens with zero attached hydrogens (tertiary/aromatic N) is 5. The Hall–Kier alpha value is -10.6. The summed E-state index contributed by atoms with van der Waals surface area (Å²) in [5.74, 6) is -10.2. The highest BCUT2D eigenvalue weighted by Crippen LogP contribution is 2.62. The van der Waals surface area contributed by atoms with Gasteiger partial charge in [-0.2, -0.15) is 0 Å². The van der Waals surface area contributed by atoms with Crippen LogP contribution in [-0.4, -0.2) is 101 Å². The summed E-state index contributed by atoms with van der Waals surface area (Å²) in [5.41, 5.74) is -3.16. The van der Waals surface area contributed by atoms with Gasteiger partial charge in [0.25, 0.3) is 22.2 Å². The first kappa shape index (κ1) is 62.2. The molecular weight excluding hydrogens is 1210 g/mol. The van der Waals surface area contributed by atoms with Crippen LogP contribution in [0.15, 0.2) is 135 Å². The molecule has 24 nitrogen and oxygen atoms in total. The van der Waals surface area contributed by atoms with E-state index in [1.54, 1.807) is 7.05 Å². The predicted molar refractivity (Wildman–Crippen MR) is 343 cm³/mol. The zero-order valence-corrected chi connectivity index (χ0v) is 51.5. The van der Waals surface area contributed by atoms with Gasteiger partial charge in [-0.05, 0) is 159 Å². The summed E-state index contributed by atoms with van der Waals surface area (Å²) in [6.07, 6.45) is 12.1. The molecule has 4 bridgehead atoms. The summed E-state index contributed by atoms with van der Waals surface area (Å²) >= 11 is 0. The van der Waals surface area contributed by atoms with Gasteiger partial charge in [-0.15, -0.1) is 0 Å². The van der Waals surface area contributed by atoms with E-state index in [9.17, 15) is 48.3 Å². The molecule has 5 aliphatic rings. The molecule has 24 heteroatoms. The summed E-state index contributed by atoms with van der Waals surface area (Å²) < 4.78 is 30.0. The van der Waals surface area contributed by atoms with Gasteiger partial charge < -0.3 is 39.4 Å². The number of nitrogens with one attached hydrogen (secondary N) is 2. The average molecular weight is 1280 g/mol. The molecule has 13 rings (SSSR count). The van der Waals surface area contributed by atoms with Crippen LogP contribution in [0.2, 0.25) is 0 Å². The number of amides is 4. The number of carboxylic acids is 1. The number of esters is 2. The lowest BCUT2D eigenvalue weighted by molar-refractivity contribution is -0.136. The average Bonchev–Trinajstić information content (AvgIpc) is 1.54. The molecule has 482 valence electrons. The first-order valence-electron chi connectivity index (χ1n) is 31.4. The summed E-state index contributed by atoms with van der Waals surface area (Å²) in [6.45, 7) is 1.94. The fraction of sp³-hybridized carbons (Fsp3) is 0.343. The minimum Gasteiger partial charge on any atom is -0.478 e. The number of ether oxygens (including phenoxy) is 5. The first-order valence-corrected chi connectivity index (χ1v) is 31.4. The van der Waals surface area contributed by atoms with Crippen LogP contribution in [0.25, 0.3) is 32.9 Å². The lowest BCUT2D eigenvalue weighted by atomic mass is 9.82. The van der Waals surface area contributed by atoms with Crippen molar-refractivity contribution in [1.29, 1.82) is 0 Å². The molecule has 6 unspecified atom stereocenters. The van der Waals surface area contributed by atoms with Crippen LogP contribution >= 0.6 is 0 Å². The van der Waals surface area contributed by atoms with Gasteiger partial charge in [0.1, 0.15) is 11.5 Å². The molecule has 6 atom stereocenters. The minimum absolute atomic E-state index is 0.00508. The van der Waals surface area contributed by atoms with Crippen molar-refractivity contribution in [2.75, 3.05) is 54.7 Å². The number of imide groups is 2. The van der Waals surface area contributed by atoms with Crippen molar-refractivity contribution in [2.45, 2.75) is 83.2 Å². The van der Waals surface area contributed by atoms with Crippen LogP contribution in [-0.2, 0) is 33.4 Å². The second-order valence-electron chi connectivity index (χ2n) is 24.5. The maximum atomic E-state index is 15.2. The quantitative estimate of drug-likeness (QED) is 0.0190. The summed E-state index contributed by atoms with van der Waals surface area (Å²) in [4.78, 5) is 163. The Morgan fingerprint density at radius 3 is 1.44 bits per heavy atom. The molecule has 2 saturated heterocycles. The van der Waals surface area contributed by atoms with Gasteiger partial charge in [-0.25, -0.2) is 33.3 Å². The van der Waals surface area contributed by atoms with Crippen molar-refractivity contribution in [1.82, 2.24) is 14.1 Å². The minimum atomic E-state index is -1.33. The number of carbonyl (C=O) groups is 7. The molecule has 3 aromatic heterocycles. The summed E-state index contributed by atoms with van der Waals surface area (Å²) in [7, 11) is 3.12. The molecule has 8 aromatic rings. The number of unbranched alkanes of at least 4 members (excludes halogenated alkanes) is 3. The Morgan fingerprint density at radius 1 is 0.511 bits per heavy atom.